The van der Waals surface area contributed by atoms with E-state index in [9.17, 15) is 0 Å². The topological polar surface area (TPSA) is 33.1 Å². The number of nitrogens with zero attached hydrogens (tertiary/aromatic N) is 3. The molecule has 2 rings (SSSR count). The molecule has 7 heteroatoms. The van der Waals surface area contributed by atoms with Crippen LogP contribution in [-0.4, -0.2) is 41.9 Å². The molecule has 2 heterocycles. The number of thiophene rings is 1. The molecule has 0 aromatic carbocycles. The van der Waals surface area contributed by atoms with Crippen molar-refractivity contribution in [3.05, 3.63) is 37.7 Å². The summed E-state index contributed by atoms with van der Waals surface area (Å²) in [5.74, 6) is 0. The summed E-state index contributed by atoms with van der Waals surface area (Å²) in [6, 6.07) is 2.21. The second-order valence-electron chi connectivity index (χ2n) is 5.06. The van der Waals surface area contributed by atoms with Crippen LogP contribution in [0.4, 0.5) is 0 Å². The lowest BCUT2D eigenvalue weighted by molar-refractivity contribution is 0.366. The molecule has 0 aliphatic rings. The fourth-order valence-corrected chi connectivity index (χ4v) is 3.92. The van der Waals surface area contributed by atoms with Gasteiger partial charge in [0.25, 0.3) is 0 Å². The monoisotopic (exact) mass is 390 g/mol. The predicted octanol–water partition coefficient (Wildman–Crippen LogP) is 3.62. The minimum absolute atomic E-state index is 0.0727. The first kappa shape index (κ1) is 17.0. The van der Waals surface area contributed by atoms with Gasteiger partial charge in [0.15, 0.2) is 0 Å². The van der Waals surface area contributed by atoms with E-state index in [2.05, 4.69) is 63.7 Å². The normalized spacial score (nSPS) is 13.0. The molecule has 0 spiro atoms. The number of aromatic nitrogens is 2. The maximum Gasteiger partial charge on any atom is 0.0857 e. The highest BCUT2D eigenvalue weighted by Gasteiger charge is 2.22. The first-order valence-electron chi connectivity index (χ1n) is 6.86. The highest BCUT2D eigenvalue weighted by atomic mass is 79.9. The summed E-state index contributed by atoms with van der Waals surface area (Å²) in [7, 11) is 4.12. The first-order valence-corrected chi connectivity index (χ1v) is 8.91. The van der Waals surface area contributed by atoms with Crippen LogP contribution < -0.4 is 5.32 Å². The van der Waals surface area contributed by atoms with Crippen molar-refractivity contribution < 1.29 is 0 Å². The van der Waals surface area contributed by atoms with E-state index in [0.717, 1.165) is 29.8 Å². The van der Waals surface area contributed by atoms with E-state index in [1.165, 1.54) is 4.88 Å². The summed E-state index contributed by atoms with van der Waals surface area (Å²) >= 11 is 11.6. The third-order valence-electron chi connectivity index (χ3n) is 3.15. The molecule has 0 saturated carbocycles. The van der Waals surface area contributed by atoms with Crippen LogP contribution in [0.3, 0.4) is 0 Å². The van der Waals surface area contributed by atoms with Crippen molar-refractivity contribution in [2.24, 2.45) is 0 Å². The second kappa shape index (κ2) is 7.74. The van der Waals surface area contributed by atoms with Gasteiger partial charge in [-0.1, -0.05) is 18.5 Å². The van der Waals surface area contributed by atoms with Gasteiger partial charge in [-0.05, 0) is 42.6 Å². The van der Waals surface area contributed by atoms with Crippen molar-refractivity contribution in [1.82, 2.24) is 20.0 Å². The molecule has 0 saturated heterocycles. The van der Waals surface area contributed by atoms with Crippen molar-refractivity contribution >= 4 is 38.9 Å². The number of likely N-dealkylation sites (N-methyl/N-ethyl adjacent to an activating group) is 1. The Balaban J connectivity index is 2.33. The van der Waals surface area contributed by atoms with Gasteiger partial charge in [0.2, 0.25) is 0 Å². The van der Waals surface area contributed by atoms with Crippen LogP contribution in [-0.2, 0) is 6.54 Å². The van der Waals surface area contributed by atoms with Crippen molar-refractivity contribution in [2.45, 2.75) is 19.5 Å². The molecule has 0 radical (unpaired) electrons. The number of nitrogens with one attached hydrogen (secondary N) is 1. The van der Waals surface area contributed by atoms with E-state index in [-0.39, 0.29) is 6.04 Å². The lowest BCUT2D eigenvalue weighted by atomic mass is 10.1. The molecule has 2 aromatic rings. The van der Waals surface area contributed by atoms with Gasteiger partial charge in [-0.2, -0.15) is 5.10 Å². The summed E-state index contributed by atoms with van der Waals surface area (Å²) in [6.45, 7) is 4.72. The lowest BCUT2D eigenvalue weighted by Gasteiger charge is -2.20. The van der Waals surface area contributed by atoms with Crippen LogP contribution in [0.15, 0.2) is 22.1 Å². The smallest absolute Gasteiger partial charge is 0.0857 e. The van der Waals surface area contributed by atoms with Crippen LogP contribution in [0.1, 0.15) is 23.5 Å². The number of rotatable bonds is 7. The summed E-state index contributed by atoms with van der Waals surface area (Å²) in [5.41, 5.74) is 1.04. The van der Waals surface area contributed by atoms with E-state index < -0.39 is 0 Å². The molecule has 0 aliphatic heterocycles. The lowest BCUT2D eigenvalue weighted by Crippen LogP contribution is -2.27. The van der Waals surface area contributed by atoms with Crippen molar-refractivity contribution in [2.75, 3.05) is 27.2 Å². The van der Waals surface area contributed by atoms with Crippen molar-refractivity contribution in [3.63, 3.8) is 0 Å². The highest BCUT2D eigenvalue weighted by molar-refractivity contribution is 9.10. The minimum Gasteiger partial charge on any atom is -0.308 e. The Kier molecular flexibility index (Phi) is 6.25. The minimum atomic E-state index is 0.0727. The van der Waals surface area contributed by atoms with Crippen LogP contribution in [0, 0.1) is 0 Å². The van der Waals surface area contributed by atoms with Gasteiger partial charge in [-0.3, -0.25) is 4.68 Å². The first-order chi connectivity index (χ1) is 10.0. The second-order valence-corrected chi connectivity index (χ2v) is 7.33. The average Bonchev–Trinajstić information content (AvgIpc) is 3.00. The molecule has 1 unspecified atom stereocenters. The van der Waals surface area contributed by atoms with Crippen LogP contribution in [0.25, 0.3) is 0 Å². The third kappa shape index (κ3) is 4.29. The summed E-state index contributed by atoms with van der Waals surface area (Å²) in [5, 5.41) is 10.8. The highest BCUT2D eigenvalue weighted by Crippen LogP contribution is 2.33. The molecule has 2 aromatic heterocycles. The van der Waals surface area contributed by atoms with Gasteiger partial charge in [0.1, 0.15) is 0 Å². The number of hydrogen-bond acceptors (Lipinski definition) is 4. The van der Waals surface area contributed by atoms with E-state index in [4.69, 9.17) is 11.6 Å². The number of hydrogen-bond donors (Lipinski definition) is 1. The predicted molar refractivity (Wildman–Crippen MR) is 93.3 cm³/mol. The van der Waals surface area contributed by atoms with E-state index in [1.54, 1.807) is 17.5 Å². The zero-order chi connectivity index (χ0) is 15.4. The Morgan fingerprint density at radius 2 is 2.29 bits per heavy atom. The van der Waals surface area contributed by atoms with E-state index in [1.807, 2.05) is 4.68 Å². The van der Waals surface area contributed by atoms with Crippen LogP contribution >= 0.6 is 38.9 Å². The molecular weight excluding hydrogens is 372 g/mol. The van der Waals surface area contributed by atoms with Gasteiger partial charge in [-0.15, -0.1) is 11.3 Å². The molecule has 0 fully saturated rings. The maximum absolute atomic E-state index is 6.40. The fraction of sp³-hybridized carbons (Fsp3) is 0.500. The molecule has 0 aliphatic carbocycles. The zero-order valence-corrected chi connectivity index (χ0v) is 15.6. The molecule has 116 valence electrons. The van der Waals surface area contributed by atoms with Gasteiger partial charge < -0.3 is 10.2 Å². The van der Waals surface area contributed by atoms with E-state index >= 15 is 0 Å². The summed E-state index contributed by atoms with van der Waals surface area (Å²) in [4.78, 5) is 3.38. The Bertz CT molecular complexity index is 581. The Hall–Kier alpha value is -0.400. The van der Waals surface area contributed by atoms with Crippen molar-refractivity contribution in [1.29, 1.82) is 0 Å². The molecule has 21 heavy (non-hydrogen) atoms. The molecule has 0 amide bonds. The molecule has 1 N–H and O–H groups in total. The van der Waals surface area contributed by atoms with E-state index in [0.29, 0.717) is 5.02 Å². The average molecular weight is 392 g/mol. The zero-order valence-electron chi connectivity index (χ0n) is 12.4. The largest absolute Gasteiger partial charge is 0.308 e. The number of halogens is 2. The Labute approximate surface area is 143 Å². The molecule has 1 atom stereocenters. The maximum atomic E-state index is 6.40. The Morgan fingerprint density at radius 1 is 1.52 bits per heavy atom. The van der Waals surface area contributed by atoms with Crippen molar-refractivity contribution in [3.8, 4) is 0 Å². The van der Waals surface area contributed by atoms with Gasteiger partial charge in [-0.25, -0.2) is 0 Å². The summed E-state index contributed by atoms with van der Waals surface area (Å²) in [6.07, 6.45) is 1.74. The van der Waals surface area contributed by atoms with Gasteiger partial charge >= 0.3 is 0 Å². The van der Waals surface area contributed by atoms with Crippen LogP contribution in [0.2, 0.25) is 5.02 Å². The quantitative estimate of drug-likeness (QED) is 0.782. The Morgan fingerprint density at radius 3 is 2.86 bits per heavy atom. The fourth-order valence-electron chi connectivity index (χ4n) is 2.15. The molecular formula is C14H20BrClN4S. The summed E-state index contributed by atoms with van der Waals surface area (Å²) < 4.78 is 3.10. The SMILES string of the molecule is CCNC(c1cc(Br)cs1)c1c(Cl)cnn1CCN(C)C. The van der Waals surface area contributed by atoms with Gasteiger partial charge in [0, 0.05) is 21.3 Å². The standard InChI is InChI=1S/C14H20BrClN4S/c1-4-17-13(12-7-10(15)9-21-12)14-11(16)8-18-20(14)6-5-19(2)3/h7-9,13,17H,4-6H2,1-3H3. The molecule has 0 bridgehead atoms. The third-order valence-corrected chi connectivity index (χ3v) is 5.20. The van der Waals surface area contributed by atoms with Crippen LogP contribution in [0.5, 0.6) is 0 Å². The molecule has 4 nitrogen and oxygen atoms in total. The van der Waals surface area contributed by atoms with Gasteiger partial charge in [0.05, 0.1) is 29.5 Å².